The number of nitrogens with two attached hydrogens (primary N) is 1. The number of hydrogen-bond donors (Lipinski definition) is 1. The van der Waals surface area contributed by atoms with Crippen molar-refractivity contribution in [2.75, 3.05) is 12.8 Å². The van der Waals surface area contributed by atoms with E-state index in [0.717, 1.165) is 11.8 Å². The van der Waals surface area contributed by atoms with Crippen LogP contribution >= 0.6 is 0 Å². The molecule has 0 saturated heterocycles. The van der Waals surface area contributed by atoms with Crippen LogP contribution in [0.3, 0.4) is 0 Å². The van der Waals surface area contributed by atoms with Gasteiger partial charge in [-0.15, -0.1) is 0 Å². The smallest absolute Gasteiger partial charge is 0.422 e. The fraction of sp³-hybridized carbons (Fsp3) is 0.556. The quantitative estimate of drug-likeness (QED) is 0.814. The van der Waals surface area contributed by atoms with Crippen LogP contribution in [0, 0.1) is 0 Å². The molecule has 0 fully saturated rings. The van der Waals surface area contributed by atoms with E-state index in [2.05, 4.69) is 9.84 Å². The minimum Gasteiger partial charge on any atom is -0.464 e. The summed E-state index contributed by atoms with van der Waals surface area (Å²) in [5.74, 6) is -1.75. The number of nitrogen functional groups attached to an aromatic ring is 1. The fourth-order valence-corrected chi connectivity index (χ4v) is 1.36. The number of hydrogen-bond acceptors (Lipinski definition) is 4. The van der Waals surface area contributed by atoms with Crippen LogP contribution in [0.25, 0.3) is 0 Å². The van der Waals surface area contributed by atoms with Crippen LogP contribution in [0.4, 0.5) is 19.0 Å². The van der Waals surface area contributed by atoms with Crippen molar-refractivity contribution in [3.63, 3.8) is 0 Å². The molecule has 0 radical (unpaired) electrons. The number of aromatic nitrogens is 2. The van der Waals surface area contributed by atoms with Gasteiger partial charge in [0, 0.05) is 6.04 Å². The van der Waals surface area contributed by atoms with Gasteiger partial charge in [-0.05, 0) is 13.8 Å². The van der Waals surface area contributed by atoms with Crippen LogP contribution in [-0.4, -0.2) is 22.9 Å². The van der Waals surface area contributed by atoms with Gasteiger partial charge in [0.15, 0.2) is 5.69 Å². The number of nitrogens with zero attached hydrogens (tertiary/aromatic N) is 2. The molecule has 1 heterocycles. The molecule has 1 rings (SSSR count). The van der Waals surface area contributed by atoms with Gasteiger partial charge in [-0.2, -0.15) is 18.3 Å². The highest BCUT2D eigenvalue weighted by molar-refractivity contribution is 5.90. The average Bonchev–Trinajstić information content (AvgIpc) is 2.54. The highest BCUT2D eigenvalue weighted by Crippen LogP contribution is 2.37. The highest BCUT2D eigenvalue weighted by Gasteiger charge is 2.42. The van der Waals surface area contributed by atoms with Gasteiger partial charge in [-0.1, -0.05) is 0 Å². The summed E-state index contributed by atoms with van der Waals surface area (Å²) in [6.07, 6.45) is -4.75. The summed E-state index contributed by atoms with van der Waals surface area (Å²) in [4.78, 5) is 11.2. The van der Waals surface area contributed by atoms with E-state index in [1.54, 1.807) is 13.8 Å². The molecule has 17 heavy (non-hydrogen) atoms. The maximum absolute atomic E-state index is 12.7. The molecule has 0 aliphatic carbocycles. The van der Waals surface area contributed by atoms with Crippen LogP contribution in [-0.2, 0) is 10.9 Å². The summed E-state index contributed by atoms with van der Waals surface area (Å²) in [7, 11) is 0.979. The predicted molar refractivity (Wildman–Crippen MR) is 53.4 cm³/mol. The second-order valence-electron chi connectivity index (χ2n) is 3.64. The number of carbonyl (C=O) groups is 1. The van der Waals surface area contributed by atoms with E-state index >= 15 is 0 Å². The number of carbonyl (C=O) groups excluding carboxylic acids is 1. The Hall–Kier alpha value is -1.73. The van der Waals surface area contributed by atoms with E-state index in [0.29, 0.717) is 0 Å². The summed E-state index contributed by atoms with van der Waals surface area (Å²) < 4.78 is 43.4. The summed E-state index contributed by atoms with van der Waals surface area (Å²) in [5, 5.41) is 3.54. The largest absolute Gasteiger partial charge is 0.464 e. The maximum atomic E-state index is 12.7. The Kier molecular flexibility index (Phi) is 3.35. The van der Waals surface area contributed by atoms with E-state index in [4.69, 9.17) is 5.73 Å². The topological polar surface area (TPSA) is 70.1 Å². The summed E-state index contributed by atoms with van der Waals surface area (Å²) >= 11 is 0. The first-order chi connectivity index (χ1) is 7.70. The van der Waals surface area contributed by atoms with Gasteiger partial charge in [0.25, 0.3) is 0 Å². The first-order valence-corrected chi connectivity index (χ1v) is 4.73. The molecule has 0 spiro atoms. The molecular formula is C9H12F3N3O2. The van der Waals surface area contributed by atoms with Crippen molar-refractivity contribution in [2.24, 2.45) is 0 Å². The minimum absolute atomic E-state index is 0.394. The van der Waals surface area contributed by atoms with Gasteiger partial charge >= 0.3 is 12.1 Å². The number of anilines is 1. The van der Waals surface area contributed by atoms with E-state index in [1.807, 2.05) is 0 Å². The normalized spacial score (nSPS) is 11.9. The Morgan fingerprint density at radius 3 is 2.35 bits per heavy atom. The third-order valence-electron chi connectivity index (χ3n) is 2.10. The lowest BCUT2D eigenvalue weighted by molar-refractivity contribution is -0.137. The molecular weight excluding hydrogens is 239 g/mol. The Bertz CT molecular complexity index is 437. The fourth-order valence-electron chi connectivity index (χ4n) is 1.36. The van der Waals surface area contributed by atoms with Crippen LogP contribution in [0.5, 0.6) is 0 Å². The predicted octanol–water partition coefficient (Wildman–Crippen LogP) is 1.85. The number of alkyl halides is 3. The summed E-state index contributed by atoms with van der Waals surface area (Å²) in [6.45, 7) is 3.20. The molecule has 0 bridgehead atoms. The maximum Gasteiger partial charge on any atom is 0.422 e. The second kappa shape index (κ2) is 4.27. The standard InChI is InChI=1S/C9H12F3N3O2/c1-4(2)15-7(13)5(9(10,11)12)6(14-15)8(16)17-3/h4H,13H2,1-3H3. The van der Waals surface area contributed by atoms with Crippen LogP contribution in [0.1, 0.15) is 35.9 Å². The SMILES string of the molecule is COC(=O)c1nn(C(C)C)c(N)c1C(F)(F)F. The third-order valence-corrected chi connectivity index (χ3v) is 2.10. The van der Waals surface area contributed by atoms with Crippen molar-refractivity contribution in [1.82, 2.24) is 9.78 Å². The van der Waals surface area contributed by atoms with Crippen LogP contribution in [0.15, 0.2) is 0 Å². The first kappa shape index (κ1) is 13.3. The Balaban J connectivity index is 3.48. The highest BCUT2D eigenvalue weighted by atomic mass is 19.4. The van der Waals surface area contributed by atoms with Crippen molar-refractivity contribution in [3.05, 3.63) is 11.3 Å². The zero-order valence-electron chi connectivity index (χ0n) is 9.50. The minimum atomic E-state index is -4.75. The molecule has 0 unspecified atom stereocenters. The molecule has 96 valence electrons. The molecule has 8 heteroatoms. The lowest BCUT2D eigenvalue weighted by Crippen LogP contribution is -2.14. The molecule has 0 aromatic carbocycles. The number of halogens is 3. The van der Waals surface area contributed by atoms with Crippen molar-refractivity contribution in [1.29, 1.82) is 0 Å². The van der Waals surface area contributed by atoms with Gasteiger partial charge in [0.2, 0.25) is 0 Å². The van der Waals surface area contributed by atoms with E-state index in [-0.39, 0.29) is 0 Å². The summed E-state index contributed by atoms with van der Waals surface area (Å²) in [6, 6.07) is -0.394. The van der Waals surface area contributed by atoms with E-state index in [1.165, 1.54) is 0 Å². The average molecular weight is 251 g/mol. The van der Waals surface area contributed by atoms with Crippen molar-refractivity contribution >= 4 is 11.8 Å². The number of methoxy groups -OCH3 is 1. The molecule has 0 aliphatic heterocycles. The zero-order chi connectivity index (χ0) is 13.4. The molecule has 1 aromatic heterocycles. The van der Waals surface area contributed by atoms with E-state index < -0.39 is 35.3 Å². The number of rotatable bonds is 2. The summed E-state index contributed by atoms with van der Waals surface area (Å²) in [5.41, 5.74) is 3.29. The molecule has 0 amide bonds. The Labute approximate surface area is 95.3 Å². The van der Waals surface area contributed by atoms with E-state index in [9.17, 15) is 18.0 Å². The Morgan fingerprint density at radius 1 is 1.47 bits per heavy atom. The van der Waals surface area contributed by atoms with Gasteiger partial charge in [0.1, 0.15) is 11.4 Å². The molecule has 0 aliphatic rings. The molecule has 2 N–H and O–H groups in total. The lowest BCUT2D eigenvalue weighted by atomic mass is 10.2. The van der Waals surface area contributed by atoms with Crippen molar-refractivity contribution in [2.45, 2.75) is 26.1 Å². The van der Waals surface area contributed by atoms with Crippen molar-refractivity contribution in [3.8, 4) is 0 Å². The molecule has 5 nitrogen and oxygen atoms in total. The van der Waals surface area contributed by atoms with Crippen LogP contribution < -0.4 is 5.73 Å². The monoisotopic (exact) mass is 251 g/mol. The molecule has 0 saturated carbocycles. The van der Waals surface area contributed by atoms with Crippen molar-refractivity contribution < 1.29 is 22.7 Å². The lowest BCUT2D eigenvalue weighted by Gasteiger charge is -2.09. The van der Waals surface area contributed by atoms with Gasteiger partial charge in [-0.3, -0.25) is 0 Å². The molecule has 1 aromatic rings. The second-order valence-corrected chi connectivity index (χ2v) is 3.64. The van der Waals surface area contributed by atoms with Crippen LogP contribution in [0.2, 0.25) is 0 Å². The zero-order valence-corrected chi connectivity index (χ0v) is 9.50. The van der Waals surface area contributed by atoms with Gasteiger partial charge < -0.3 is 10.5 Å². The Morgan fingerprint density at radius 2 is 2.00 bits per heavy atom. The molecule has 0 atom stereocenters. The number of ether oxygens (including phenoxy) is 1. The third kappa shape index (κ3) is 2.34. The number of esters is 1. The van der Waals surface area contributed by atoms with Gasteiger partial charge in [0.05, 0.1) is 7.11 Å². The van der Waals surface area contributed by atoms with Gasteiger partial charge in [-0.25, -0.2) is 9.48 Å². The first-order valence-electron chi connectivity index (χ1n) is 4.73.